The van der Waals surface area contributed by atoms with Crippen molar-refractivity contribution in [1.29, 1.82) is 0 Å². The number of rotatable bonds is 5. The third-order valence-electron chi connectivity index (χ3n) is 6.42. The van der Waals surface area contributed by atoms with Gasteiger partial charge in [0.1, 0.15) is 11.7 Å². The monoisotopic (exact) mass is 584 g/mol. The molecule has 0 aromatic heterocycles. The zero-order valence-electron chi connectivity index (χ0n) is 18.8. The summed E-state index contributed by atoms with van der Waals surface area (Å²) in [5, 5.41) is 12.0. The summed E-state index contributed by atoms with van der Waals surface area (Å²) in [7, 11) is 6.14. The van der Waals surface area contributed by atoms with Crippen molar-refractivity contribution in [3.8, 4) is 28.7 Å². The van der Waals surface area contributed by atoms with Gasteiger partial charge in [0.25, 0.3) is 0 Å². The highest BCUT2D eigenvalue weighted by molar-refractivity contribution is 14.1. The number of cyclic esters (lactones) is 1. The summed E-state index contributed by atoms with van der Waals surface area (Å²) in [6.07, 6.45) is -0.141. The van der Waals surface area contributed by atoms with Crippen molar-refractivity contribution in [3.05, 3.63) is 42.0 Å². The second kappa shape index (κ2) is 8.34. The summed E-state index contributed by atoms with van der Waals surface area (Å²) in [4.78, 5) is 26.5. The van der Waals surface area contributed by atoms with E-state index in [0.29, 0.717) is 39.3 Å². The highest BCUT2D eigenvalue weighted by Gasteiger charge is 2.50. The van der Waals surface area contributed by atoms with Crippen LogP contribution in [-0.4, -0.2) is 57.5 Å². The Morgan fingerprint density at radius 2 is 1.82 bits per heavy atom. The fraction of sp³-hybridized carbons (Fsp3) is 0.409. The van der Waals surface area contributed by atoms with Crippen molar-refractivity contribution in [3.63, 3.8) is 0 Å². The zero-order valence-corrected chi connectivity index (χ0v) is 21.0. The Morgan fingerprint density at radius 1 is 1.12 bits per heavy atom. The molecule has 3 aliphatic heterocycles. The molecular formula is C22H21IN2O9. The van der Waals surface area contributed by atoms with Crippen LogP contribution in [0.4, 0.5) is 5.69 Å². The molecule has 0 bridgehead atoms. The van der Waals surface area contributed by atoms with Gasteiger partial charge in [0.15, 0.2) is 17.2 Å². The van der Waals surface area contributed by atoms with Crippen LogP contribution in [0.25, 0.3) is 0 Å². The Bertz CT molecular complexity index is 1230. The maximum Gasteiger partial charge on any atom is 0.346 e. The lowest BCUT2D eigenvalue weighted by molar-refractivity contribution is -0.386. The average molecular weight is 584 g/mol. The summed E-state index contributed by atoms with van der Waals surface area (Å²) in [6, 6.07) is 1.42. The molecule has 0 spiro atoms. The van der Waals surface area contributed by atoms with Gasteiger partial charge in [0.05, 0.1) is 35.9 Å². The van der Waals surface area contributed by atoms with Gasteiger partial charge >= 0.3 is 11.7 Å². The van der Waals surface area contributed by atoms with Gasteiger partial charge in [-0.3, -0.25) is 15.0 Å². The molecule has 2 aromatic rings. The first kappa shape index (κ1) is 22.8. The molecule has 0 amide bonds. The van der Waals surface area contributed by atoms with Crippen molar-refractivity contribution < 1.29 is 38.1 Å². The number of hydrogen-bond acceptors (Lipinski definition) is 10. The van der Waals surface area contributed by atoms with Gasteiger partial charge in [0.2, 0.25) is 18.3 Å². The predicted octanol–water partition coefficient (Wildman–Crippen LogP) is 3.39. The van der Waals surface area contributed by atoms with Crippen molar-refractivity contribution >= 4 is 34.2 Å². The van der Waals surface area contributed by atoms with Gasteiger partial charge < -0.3 is 28.4 Å². The van der Waals surface area contributed by atoms with Gasteiger partial charge in [-0.25, -0.2) is 4.79 Å². The summed E-state index contributed by atoms with van der Waals surface area (Å²) < 4.78 is 34.1. The molecule has 0 fully saturated rings. The molecule has 0 saturated carbocycles. The predicted molar refractivity (Wildman–Crippen MR) is 125 cm³/mol. The third-order valence-corrected chi connectivity index (χ3v) is 7.49. The van der Waals surface area contributed by atoms with Crippen molar-refractivity contribution in [2.45, 2.75) is 18.6 Å². The number of esters is 1. The molecule has 3 heterocycles. The van der Waals surface area contributed by atoms with E-state index >= 15 is 0 Å². The van der Waals surface area contributed by atoms with Gasteiger partial charge in [-0.1, -0.05) is 0 Å². The van der Waals surface area contributed by atoms with Crippen molar-refractivity contribution in [1.82, 2.24) is 4.90 Å². The number of benzene rings is 2. The molecule has 0 N–H and O–H groups in total. The summed E-state index contributed by atoms with van der Waals surface area (Å²) in [5.74, 6) is 0.847. The molecule has 5 rings (SSSR count). The number of nitrogens with zero attached hydrogens (tertiary/aromatic N) is 2. The largest absolute Gasteiger partial charge is 0.492 e. The second-order valence-corrected chi connectivity index (χ2v) is 9.07. The topological polar surface area (TPSA) is 119 Å². The van der Waals surface area contributed by atoms with Crippen molar-refractivity contribution in [2.24, 2.45) is 0 Å². The highest BCUT2D eigenvalue weighted by atomic mass is 127. The molecule has 2 unspecified atom stereocenters. The normalized spacial score (nSPS) is 20.4. The van der Waals surface area contributed by atoms with Crippen molar-refractivity contribution in [2.75, 3.05) is 41.7 Å². The van der Waals surface area contributed by atoms with E-state index in [0.717, 1.165) is 11.1 Å². The first-order valence-corrected chi connectivity index (χ1v) is 11.4. The number of nitro benzene ring substituents is 1. The molecule has 11 nitrogen and oxygen atoms in total. The van der Waals surface area contributed by atoms with Crippen LogP contribution in [0.15, 0.2) is 6.07 Å². The van der Waals surface area contributed by atoms with Gasteiger partial charge in [-0.2, -0.15) is 0 Å². The number of carbonyl (C=O) groups excluding carboxylic acids is 1. The van der Waals surface area contributed by atoms with Gasteiger partial charge in [0, 0.05) is 17.7 Å². The van der Waals surface area contributed by atoms with Gasteiger partial charge in [-0.05, 0) is 47.7 Å². The lowest BCUT2D eigenvalue weighted by Gasteiger charge is -2.38. The number of nitro groups is 1. The zero-order chi connectivity index (χ0) is 24.3. The van der Waals surface area contributed by atoms with E-state index in [2.05, 4.69) is 0 Å². The standard InChI is InChI=1S/C22H21IN2O9/c1-24-6-5-9-7-10-17(33-8-32-10)19(29-2)11(9)15(24)18-12-13(22(26)34-18)16(25(27)28)21(31-4)20(30-3)14(12)23/h7,15,18H,5-6,8H2,1-4H3. The number of ether oxygens (including phenoxy) is 6. The molecular weight excluding hydrogens is 563 g/mol. The molecule has 0 saturated heterocycles. The fourth-order valence-corrected chi connectivity index (χ4v) is 6.05. The van der Waals surface area contributed by atoms with Crippen LogP contribution in [0, 0.1) is 13.7 Å². The Morgan fingerprint density at radius 3 is 2.47 bits per heavy atom. The number of carbonyl (C=O) groups is 1. The average Bonchev–Trinajstić information content (AvgIpc) is 3.41. The fourth-order valence-electron chi connectivity index (χ4n) is 5.01. The first-order valence-electron chi connectivity index (χ1n) is 10.4. The lowest BCUT2D eigenvalue weighted by atomic mass is 9.85. The summed E-state index contributed by atoms with van der Waals surface area (Å²) in [5.41, 5.74) is 1.55. The Kier molecular flexibility index (Phi) is 5.59. The van der Waals surface area contributed by atoms with Crippen LogP contribution >= 0.6 is 22.6 Å². The van der Waals surface area contributed by atoms with Crippen LogP contribution < -0.4 is 23.7 Å². The van der Waals surface area contributed by atoms with Crippen LogP contribution in [0.3, 0.4) is 0 Å². The molecule has 0 radical (unpaired) electrons. The van der Waals surface area contributed by atoms with E-state index in [9.17, 15) is 14.9 Å². The second-order valence-electron chi connectivity index (χ2n) is 7.99. The molecule has 12 heteroatoms. The minimum atomic E-state index is -0.855. The number of likely N-dealkylation sites (N-methyl/N-ethyl adjacent to an activating group) is 1. The molecule has 180 valence electrons. The Hall–Kier alpha value is -3.00. The minimum absolute atomic E-state index is 0.0808. The van der Waals surface area contributed by atoms with E-state index in [-0.39, 0.29) is 23.9 Å². The first-order chi connectivity index (χ1) is 16.3. The SMILES string of the molecule is COc1c(I)c2c(c([N+](=O)[O-])c1OC)C(=O)OC2C1c2c(cc3c(c2OC)OCO3)CCN1C. The van der Waals surface area contributed by atoms with Crippen LogP contribution in [0.1, 0.15) is 39.2 Å². The highest BCUT2D eigenvalue weighted by Crippen LogP contribution is 2.57. The number of fused-ring (bicyclic) bond motifs is 3. The Labute approximate surface area is 208 Å². The number of hydrogen-bond donors (Lipinski definition) is 0. The van der Waals surface area contributed by atoms with Crippen LogP contribution in [-0.2, 0) is 11.2 Å². The van der Waals surface area contributed by atoms with E-state index in [1.54, 1.807) is 7.11 Å². The molecule has 34 heavy (non-hydrogen) atoms. The van der Waals surface area contributed by atoms with E-state index in [1.807, 2.05) is 40.6 Å². The quantitative estimate of drug-likeness (QED) is 0.224. The Balaban J connectivity index is 1.78. The lowest BCUT2D eigenvalue weighted by Crippen LogP contribution is -2.36. The van der Waals surface area contributed by atoms with Crippen LogP contribution in [0.2, 0.25) is 0 Å². The minimum Gasteiger partial charge on any atom is -0.492 e. The van der Waals surface area contributed by atoms with Crippen LogP contribution in [0.5, 0.6) is 28.7 Å². The van der Waals surface area contributed by atoms with E-state index in [1.165, 1.54) is 14.2 Å². The number of methoxy groups -OCH3 is 3. The molecule has 0 aliphatic carbocycles. The molecule has 3 aliphatic rings. The summed E-state index contributed by atoms with van der Waals surface area (Å²) >= 11 is 2.02. The number of halogens is 1. The van der Waals surface area contributed by atoms with E-state index in [4.69, 9.17) is 28.4 Å². The van der Waals surface area contributed by atoms with E-state index < -0.39 is 28.7 Å². The molecule has 2 aromatic carbocycles. The third kappa shape index (κ3) is 3.07. The molecule has 2 atom stereocenters. The summed E-state index contributed by atoms with van der Waals surface area (Å²) in [6.45, 7) is 0.743. The smallest absolute Gasteiger partial charge is 0.346 e. The maximum atomic E-state index is 13.1. The van der Waals surface area contributed by atoms with Gasteiger partial charge in [-0.15, -0.1) is 0 Å². The maximum absolute atomic E-state index is 13.1.